The molecule has 2 atom stereocenters. The molecule has 2 unspecified atom stereocenters. The molecule has 1 fully saturated rings. The number of anilines is 1. The molecule has 1 aliphatic rings. The number of piperazine rings is 1. The summed E-state index contributed by atoms with van der Waals surface area (Å²) in [4.78, 5) is 16.9. The Morgan fingerprint density at radius 2 is 1.78 bits per heavy atom. The van der Waals surface area contributed by atoms with E-state index in [4.69, 9.17) is 4.42 Å². The molecule has 1 aliphatic heterocycles. The molecule has 0 aliphatic carbocycles. The summed E-state index contributed by atoms with van der Waals surface area (Å²) in [7, 11) is 0. The molecule has 0 spiro atoms. The van der Waals surface area contributed by atoms with Crippen LogP contribution in [0.3, 0.4) is 0 Å². The summed E-state index contributed by atoms with van der Waals surface area (Å²) in [5.41, 5.74) is 1.23. The van der Waals surface area contributed by atoms with Crippen LogP contribution in [0.1, 0.15) is 26.0 Å². The lowest BCUT2D eigenvalue weighted by Gasteiger charge is -2.46. The molecular formula is C19H24N2O2. The second-order valence-electron chi connectivity index (χ2n) is 6.32. The minimum atomic E-state index is 0.216. The molecule has 2 heterocycles. The van der Waals surface area contributed by atoms with Crippen LogP contribution < -0.4 is 4.90 Å². The van der Waals surface area contributed by atoms with Gasteiger partial charge in [0.2, 0.25) is 5.91 Å². The topological polar surface area (TPSA) is 36.7 Å². The Labute approximate surface area is 137 Å². The lowest BCUT2D eigenvalue weighted by molar-refractivity contribution is -0.132. The fraction of sp³-hybridized carbons (Fsp3) is 0.421. The number of hydrogen-bond acceptors (Lipinski definition) is 3. The van der Waals surface area contributed by atoms with Crippen LogP contribution in [0.25, 0.3) is 0 Å². The first kappa shape index (κ1) is 15.7. The van der Waals surface area contributed by atoms with Crippen molar-refractivity contribution in [2.24, 2.45) is 0 Å². The summed E-state index contributed by atoms with van der Waals surface area (Å²) in [6, 6.07) is 14.9. The third kappa shape index (κ3) is 3.58. The normalized spacial score (nSPS) is 21.5. The number of benzene rings is 1. The summed E-state index contributed by atoms with van der Waals surface area (Å²) in [6.45, 7) is 5.93. The first-order valence-corrected chi connectivity index (χ1v) is 8.28. The number of hydrogen-bond donors (Lipinski definition) is 0. The molecular weight excluding hydrogens is 288 g/mol. The zero-order valence-corrected chi connectivity index (χ0v) is 13.8. The van der Waals surface area contributed by atoms with E-state index in [1.54, 1.807) is 6.26 Å². The van der Waals surface area contributed by atoms with Crippen molar-refractivity contribution < 1.29 is 9.21 Å². The molecule has 1 saturated heterocycles. The van der Waals surface area contributed by atoms with Gasteiger partial charge in [0.05, 0.1) is 6.26 Å². The zero-order valence-electron chi connectivity index (χ0n) is 13.8. The number of carbonyl (C=O) groups excluding carboxylic acids is 1. The fourth-order valence-electron chi connectivity index (χ4n) is 3.48. The predicted molar refractivity (Wildman–Crippen MR) is 91.5 cm³/mol. The van der Waals surface area contributed by atoms with Crippen LogP contribution in [-0.2, 0) is 11.2 Å². The van der Waals surface area contributed by atoms with E-state index in [1.807, 2.05) is 23.1 Å². The number of nitrogens with zero attached hydrogens (tertiary/aromatic N) is 2. The van der Waals surface area contributed by atoms with Crippen LogP contribution in [0, 0.1) is 0 Å². The van der Waals surface area contributed by atoms with Gasteiger partial charge in [-0.2, -0.15) is 0 Å². The lowest BCUT2D eigenvalue weighted by Crippen LogP contribution is -2.58. The number of rotatable bonds is 4. The zero-order chi connectivity index (χ0) is 16.2. The van der Waals surface area contributed by atoms with E-state index in [0.29, 0.717) is 24.9 Å². The molecule has 0 N–H and O–H groups in total. The Morgan fingerprint density at radius 3 is 2.39 bits per heavy atom. The molecule has 122 valence electrons. The van der Waals surface area contributed by atoms with Crippen molar-refractivity contribution in [1.82, 2.24) is 4.90 Å². The van der Waals surface area contributed by atoms with Gasteiger partial charge in [0.1, 0.15) is 5.76 Å². The van der Waals surface area contributed by atoms with Gasteiger partial charge in [-0.3, -0.25) is 4.79 Å². The standard InChI is InChI=1S/C19H24N2O2/c1-15-13-20(19(22)11-10-18-9-6-12-23-18)14-16(2)21(15)17-7-4-3-5-8-17/h3-9,12,15-16H,10-11,13-14H2,1-2H3. The van der Waals surface area contributed by atoms with Gasteiger partial charge >= 0.3 is 0 Å². The van der Waals surface area contributed by atoms with E-state index in [-0.39, 0.29) is 5.91 Å². The molecule has 3 rings (SSSR count). The summed E-state index contributed by atoms with van der Waals surface area (Å²) < 4.78 is 5.31. The Morgan fingerprint density at radius 1 is 1.09 bits per heavy atom. The van der Waals surface area contributed by atoms with Crippen molar-refractivity contribution in [2.75, 3.05) is 18.0 Å². The number of carbonyl (C=O) groups is 1. The average Bonchev–Trinajstić information content (AvgIpc) is 3.06. The van der Waals surface area contributed by atoms with Crippen molar-refractivity contribution in [3.63, 3.8) is 0 Å². The largest absolute Gasteiger partial charge is 0.469 e. The maximum atomic E-state index is 12.5. The Bertz CT molecular complexity index is 612. The SMILES string of the molecule is CC1CN(C(=O)CCc2ccco2)CC(C)N1c1ccccc1. The van der Waals surface area contributed by atoms with Crippen LogP contribution in [0.5, 0.6) is 0 Å². The molecule has 0 bridgehead atoms. The molecule has 1 aromatic carbocycles. The number of aryl methyl sites for hydroxylation is 1. The monoisotopic (exact) mass is 312 g/mol. The highest BCUT2D eigenvalue weighted by molar-refractivity contribution is 5.77. The summed E-state index contributed by atoms with van der Waals surface area (Å²) in [5, 5.41) is 0. The minimum Gasteiger partial charge on any atom is -0.469 e. The van der Waals surface area contributed by atoms with Crippen molar-refractivity contribution in [2.45, 2.75) is 38.8 Å². The molecule has 23 heavy (non-hydrogen) atoms. The number of amides is 1. The van der Waals surface area contributed by atoms with Gasteiger partial charge in [-0.25, -0.2) is 0 Å². The molecule has 4 heteroatoms. The smallest absolute Gasteiger partial charge is 0.223 e. The van der Waals surface area contributed by atoms with Gasteiger partial charge < -0.3 is 14.2 Å². The molecule has 4 nitrogen and oxygen atoms in total. The second kappa shape index (κ2) is 6.90. The highest BCUT2D eigenvalue weighted by Crippen LogP contribution is 2.24. The van der Waals surface area contributed by atoms with E-state index in [9.17, 15) is 4.79 Å². The molecule has 1 amide bonds. The number of furan rings is 1. The van der Waals surface area contributed by atoms with E-state index in [1.165, 1.54) is 5.69 Å². The maximum absolute atomic E-state index is 12.5. The van der Waals surface area contributed by atoms with Gasteiger partial charge in [-0.1, -0.05) is 18.2 Å². The van der Waals surface area contributed by atoms with Gasteiger partial charge in [0, 0.05) is 43.7 Å². The maximum Gasteiger partial charge on any atom is 0.223 e. The minimum absolute atomic E-state index is 0.216. The van der Waals surface area contributed by atoms with E-state index in [0.717, 1.165) is 18.8 Å². The van der Waals surface area contributed by atoms with Crippen LogP contribution in [-0.4, -0.2) is 36.0 Å². The Hall–Kier alpha value is -2.23. The molecule has 0 saturated carbocycles. The first-order valence-electron chi connectivity index (χ1n) is 8.28. The first-order chi connectivity index (χ1) is 11.1. The van der Waals surface area contributed by atoms with Gasteiger partial charge in [0.15, 0.2) is 0 Å². The third-order valence-electron chi connectivity index (χ3n) is 4.49. The second-order valence-corrected chi connectivity index (χ2v) is 6.32. The summed E-state index contributed by atoms with van der Waals surface area (Å²) in [6.07, 6.45) is 2.84. The molecule has 2 aromatic rings. The fourth-order valence-corrected chi connectivity index (χ4v) is 3.48. The van der Waals surface area contributed by atoms with Crippen LogP contribution in [0.2, 0.25) is 0 Å². The average molecular weight is 312 g/mol. The highest BCUT2D eigenvalue weighted by Gasteiger charge is 2.31. The third-order valence-corrected chi connectivity index (χ3v) is 4.49. The number of para-hydroxylation sites is 1. The highest BCUT2D eigenvalue weighted by atomic mass is 16.3. The van der Waals surface area contributed by atoms with Crippen LogP contribution >= 0.6 is 0 Å². The van der Waals surface area contributed by atoms with E-state index in [2.05, 4.69) is 43.0 Å². The summed E-state index contributed by atoms with van der Waals surface area (Å²) in [5.74, 6) is 1.09. The van der Waals surface area contributed by atoms with Crippen molar-refractivity contribution in [3.8, 4) is 0 Å². The molecule has 0 radical (unpaired) electrons. The predicted octanol–water partition coefficient (Wildman–Crippen LogP) is 3.34. The van der Waals surface area contributed by atoms with Crippen LogP contribution in [0.15, 0.2) is 53.1 Å². The van der Waals surface area contributed by atoms with Gasteiger partial charge in [0.25, 0.3) is 0 Å². The van der Waals surface area contributed by atoms with Gasteiger partial charge in [-0.15, -0.1) is 0 Å². The van der Waals surface area contributed by atoms with Gasteiger partial charge in [-0.05, 0) is 38.1 Å². The van der Waals surface area contributed by atoms with E-state index >= 15 is 0 Å². The van der Waals surface area contributed by atoms with Crippen molar-refractivity contribution in [3.05, 3.63) is 54.5 Å². The van der Waals surface area contributed by atoms with Crippen molar-refractivity contribution in [1.29, 1.82) is 0 Å². The quantitative estimate of drug-likeness (QED) is 0.869. The van der Waals surface area contributed by atoms with E-state index < -0.39 is 0 Å². The molecule has 1 aromatic heterocycles. The Kier molecular flexibility index (Phi) is 4.70. The summed E-state index contributed by atoms with van der Waals surface area (Å²) >= 11 is 0. The Balaban J connectivity index is 1.61. The van der Waals surface area contributed by atoms with Crippen molar-refractivity contribution >= 4 is 11.6 Å². The lowest BCUT2D eigenvalue weighted by atomic mass is 10.1. The van der Waals surface area contributed by atoms with Crippen LogP contribution in [0.4, 0.5) is 5.69 Å².